The minimum atomic E-state index is -0.805. The molecule has 0 amide bonds. The largest absolute Gasteiger partial charge is 0.367 e. The molecule has 2 rings (SSSR count). The van der Waals surface area contributed by atoms with Crippen LogP contribution in [0, 0.1) is 11.6 Å². The van der Waals surface area contributed by atoms with E-state index in [0.29, 0.717) is 13.0 Å². The maximum atomic E-state index is 13.4. The van der Waals surface area contributed by atoms with Crippen LogP contribution in [0.15, 0.2) is 18.2 Å². The highest BCUT2D eigenvalue weighted by Crippen LogP contribution is 2.27. The number of hydrogen-bond acceptors (Lipinski definition) is 2. The van der Waals surface area contributed by atoms with E-state index in [-0.39, 0.29) is 17.8 Å². The fourth-order valence-electron chi connectivity index (χ4n) is 2.02. The van der Waals surface area contributed by atoms with E-state index in [0.717, 1.165) is 18.6 Å². The average Bonchev–Trinajstić information content (AvgIpc) is 2.71. The molecular formula is C13H14F2O2. The highest BCUT2D eigenvalue weighted by molar-refractivity contribution is 5.89. The summed E-state index contributed by atoms with van der Waals surface area (Å²) in [5.74, 6) is -1.47. The third-order valence-corrected chi connectivity index (χ3v) is 3.17. The van der Waals surface area contributed by atoms with Crippen LogP contribution in [0.5, 0.6) is 0 Å². The van der Waals surface area contributed by atoms with Gasteiger partial charge in [0.25, 0.3) is 0 Å². The van der Waals surface area contributed by atoms with Crippen molar-refractivity contribution in [3.63, 3.8) is 0 Å². The minimum absolute atomic E-state index is 0.0530. The Bertz CT molecular complexity index is 437. The second kappa shape index (κ2) is 4.53. The van der Waals surface area contributed by atoms with Crippen LogP contribution in [0.25, 0.3) is 0 Å². The van der Waals surface area contributed by atoms with Gasteiger partial charge in [0.15, 0.2) is 5.78 Å². The topological polar surface area (TPSA) is 26.3 Å². The predicted octanol–water partition coefficient (Wildman–Crippen LogP) is 2.65. The molecule has 0 N–H and O–H groups in total. The van der Waals surface area contributed by atoms with Gasteiger partial charge in [-0.3, -0.25) is 4.79 Å². The van der Waals surface area contributed by atoms with Gasteiger partial charge in [0.2, 0.25) is 0 Å². The molecule has 0 spiro atoms. The molecule has 1 unspecified atom stereocenters. The molecule has 1 aromatic carbocycles. The molecule has 1 fully saturated rings. The van der Waals surface area contributed by atoms with Crippen LogP contribution in [-0.4, -0.2) is 18.0 Å². The Morgan fingerprint density at radius 3 is 2.82 bits per heavy atom. The van der Waals surface area contributed by atoms with E-state index in [1.165, 1.54) is 6.07 Å². The van der Waals surface area contributed by atoms with E-state index in [9.17, 15) is 13.6 Å². The Morgan fingerprint density at radius 1 is 1.47 bits per heavy atom. The summed E-state index contributed by atoms with van der Waals surface area (Å²) in [4.78, 5) is 12.0. The summed E-state index contributed by atoms with van der Waals surface area (Å²) in [6.07, 6.45) is 1.45. The Morgan fingerprint density at radius 2 is 2.24 bits per heavy atom. The molecule has 2 nitrogen and oxygen atoms in total. The van der Waals surface area contributed by atoms with Gasteiger partial charge in [0.05, 0.1) is 0 Å². The highest BCUT2D eigenvalue weighted by atomic mass is 19.1. The average molecular weight is 240 g/mol. The summed E-state index contributed by atoms with van der Waals surface area (Å²) in [6.45, 7) is 2.29. The molecule has 92 valence electrons. The maximum Gasteiger partial charge on any atom is 0.168 e. The lowest BCUT2D eigenvalue weighted by molar-refractivity contribution is -0.136. The molecule has 1 aliphatic rings. The van der Waals surface area contributed by atoms with Crippen LogP contribution in [0.4, 0.5) is 8.78 Å². The maximum absolute atomic E-state index is 13.4. The number of ketones is 1. The number of rotatable bonds is 3. The third kappa shape index (κ3) is 2.52. The van der Waals surface area contributed by atoms with E-state index >= 15 is 0 Å². The van der Waals surface area contributed by atoms with Crippen molar-refractivity contribution in [3.05, 3.63) is 35.4 Å². The van der Waals surface area contributed by atoms with Gasteiger partial charge < -0.3 is 4.74 Å². The Kier molecular flexibility index (Phi) is 3.24. The number of carbonyl (C=O) groups excluding carboxylic acids is 1. The first-order valence-corrected chi connectivity index (χ1v) is 5.62. The van der Waals surface area contributed by atoms with Crippen molar-refractivity contribution in [1.29, 1.82) is 0 Å². The molecule has 1 aliphatic heterocycles. The molecule has 0 saturated carbocycles. The molecule has 1 atom stereocenters. The molecule has 1 saturated heterocycles. The van der Waals surface area contributed by atoms with Crippen LogP contribution < -0.4 is 0 Å². The van der Waals surface area contributed by atoms with Crippen molar-refractivity contribution < 1.29 is 18.3 Å². The first-order chi connectivity index (χ1) is 8.01. The fourth-order valence-corrected chi connectivity index (χ4v) is 2.02. The second-order valence-corrected chi connectivity index (χ2v) is 4.52. The van der Waals surface area contributed by atoms with Gasteiger partial charge in [-0.05, 0) is 31.4 Å². The SMILES string of the molecule is CC1(C(=O)Cc2ccc(F)cc2F)CCCO1. The first-order valence-electron chi connectivity index (χ1n) is 5.62. The molecular weight excluding hydrogens is 226 g/mol. The lowest BCUT2D eigenvalue weighted by Crippen LogP contribution is -2.35. The van der Waals surface area contributed by atoms with Crippen molar-refractivity contribution in [3.8, 4) is 0 Å². The van der Waals surface area contributed by atoms with Gasteiger partial charge in [0, 0.05) is 19.1 Å². The van der Waals surface area contributed by atoms with Gasteiger partial charge in [-0.1, -0.05) is 6.07 Å². The van der Waals surface area contributed by atoms with E-state index in [1.54, 1.807) is 6.92 Å². The van der Waals surface area contributed by atoms with Gasteiger partial charge in [-0.2, -0.15) is 0 Å². The van der Waals surface area contributed by atoms with Crippen molar-refractivity contribution >= 4 is 5.78 Å². The van der Waals surface area contributed by atoms with Gasteiger partial charge in [-0.15, -0.1) is 0 Å². The third-order valence-electron chi connectivity index (χ3n) is 3.17. The molecule has 0 bridgehead atoms. The van der Waals surface area contributed by atoms with E-state index in [2.05, 4.69) is 0 Å². The summed E-state index contributed by atoms with van der Waals surface area (Å²) < 4.78 is 31.5. The Hall–Kier alpha value is -1.29. The van der Waals surface area contributed by atoms with E-state index in [1.807, 2.05) is 0 Å². The Balaban J connectivity index is 2.13. The molecule has 0 aliphatic carbocycles. The summed E-state index contributed by atoms with van der Waals surface area (Å²) in [5.41, 5.74) is -0.589. The number of benzene rings is 1. The summed E-state index contributed by atoms with van der Waals surface area (Å²) >= 11 is 0. The number of ether oxygens (including phenoxy) is 1. The molecule has 0 radical (unpaired) electrons. The van der Waals surface area contributed by atoms with Crippen LogP contribution in [0.3, 0.4) is 0 Å². The number of hydrogen-bond donors (Lipinski definition) is 0. The van der Waals surface area contributed by atoms with Crippen LogP contribution >= 0.6 is 0 Å². The van der Waals surface area contributed by atoms with Crippen molar-refractivity contribution in [2.24, 2.45) is 0 Å². The molecule has 1 aromatic rings. The smallest absolute Gasteiger partial charge is 0.168 e. The molecule has 17 heavy (non-hydrogen) atoms. The van der Waals surface area contributed by atoms with Crippen molar-refractivity contribution in [2.75, 3.05) is 6.61 Å². The second-order valence-electron chi connectivity index (χ2n) is 4.52. The van der Waals surface area contributed by atoms with Crippen molar-refractivity contribution in [2.45, 2.75) is 31.8 Å². The van der Waals surface area contributed by atoms with Crippen LogP contribution in [-0.2, 0) is 16.0 Å². The van der Waals surface area contributed by atoms with Gasteiger partial charge in [-0.25, -0.2) is 8.78 Å². The monoisotopic (exact) mass is 240 g/mol. The summed E-state index contributed by atoms with van der Waals surface area (Å²) in [6, 6.07) is 3.25. The minimum Gasteiger partial charge on any atom is -0.367 e. The van der Waals surface area contributed by atoms with E-state index in [4.69, 9.17) is 4.74 Å². The zero-order valence-corrected chi connectivity index (χ0v) is 9.63. The standard InChI is InChI=1S/C13H14F2O2/c1-13(5-2-6-17-13)12(16)7-9-3-4-10(14)8-11(9)15/h3-4,8H,2,5-7H2,1H3. The summed E-state index contributed by atoms with van der Waals surface area (Å²) in [7, 11) is 0. The zero-order chi connectivity index (χ0) is 12.5. The predicted molar refractivity (Wildman–Crippen MR) is 58.7 cm³/mol. The Labute approximate surface area is 98.6 Å². The molecule has 4 heteroatoms. The first kappa shape index (κ1) is 12.2. The number of carbonyl (C=O) groups is 1. The lowest BCUT2D eigenvalue weighted by Gasteiger charge is -2.21. The van der Waals surface area contributed by atoms with Crippen LogP contribution in [0.1, 0.15) is 25.3 Å². The zero-order valence-electron chi connectivity index (χ0n) is 9.63. The highest BCUT2D eigenvalue weighted by Gasteiger charge is 2.37. The van der Waals surface area contributed by atoms with Crippen molar-refractivity contribution in [1.82, 2.24) is 0 Å². The molecule has 0 aromatic heterocycles. The summed E-state index contributed by atoms with van der Waals surface area (Å²) in [5, 5.41) is 0. The normalized spacial score (nSPS) is 23.9. The van der Waals surface area contributed by atoms with Gasteiger partial charge >= 0.3 is 0 Å². The van der Waals surface area contributed by atoms with Gasteiger partial charge in [0.1, 0.15) is 17.2 Å². The van der Waals surface area contributed by atoms with E-state index < -0.39 is 17.2 Å². The van der Waals surface area contributed by atoms with Crippen LogP contribution in [0.2, 0.25) is 0 Å². The number of halogens is 2. The quantitative estimate of drug-likeness (QED) is 0.811. The lowest BCUT2D eigenvalue weighted by atomic mass is 9.92. The fraction of sp³-hybridized carbons (Fsp3) is 0.462. The molecule has 1 heterocycles. The number of Topliss-reactive ketones (excluding diaryl/α,β-unsaturated/α-hetero) is 1.